The maximum atomic E-state index is 12.2. The Morgan fingerprint density at radius 2 is 2.11 bits per heavy atom. The van der Waals surface area contributed by atoms with Crippen molar-refractivity contribution in [1.29, 1.82) is 0 Å². The highest BCUT2D eigenvalue weighted by Gasteiger charge is 2.33. The Balaban J connectivity index is 2.89. The zero-order valence-electron chi connectivity index (χ0n) is 8.98. The summed E-state index contributed by atoms with van der Waals surface area (Å²) in [6.45, 7) is -2.51. The first-order valence-corrected chi connectivity index (χ1v) is 5.15. The predicted octanol–water partition coefficient (Wildman–Crippen LogP) is 1.13. The van der Waals surface area contributed by atoms with Gasteiger partial charge in [-0.2, -0.15) is 13.2 Å². The molecule has 0 aliphatic heterocycles. The number of hydrogen-bond donors (Lipinski definition) is 1. The molecule has 1 N–H and O–H groups in total. The van der Waals surface area contributed by atoms with Crippen LogP contribution >= 0.6 is 11.6 Å². The zero-order chi connectivity index (χ0) is 13.8. The number of hydrogen-bond acceptors (Lipinski definition) is 4. The average Bonchev–Trinajstić information content (AvgIpc) is 2.26. The molecule has 5 nitrogen and oxygen atoms in total. The van der Waals surface area contributed by atoms with E-state index < -0.39 is 31.8 Å². The molecule has 0 saturated carbocycles. The molecule has 0 aliphatic rings. The Bertz CT molecular complexity index is 428. The zero-order valence-corrected chi connectivity index (χ0v) is 9.74. The summed E-state index contributed by atoms with van der Waals surface area (Å²) < 4.78 is 36.7. The Morgan fingerprint density at radius 1 is 1.44 bits per heavy atom. The molecule has 100 valence electrons. The minimum absolute atomic E-state index is 0.100. The number of halogens is 4. The fourth-order valence-corrected chi connectivity index (χ4v) is 1.34. The number of aromatic nitrogens is 2. The lowest BCUT2D eigenvalue weighted by Gasteiger charge is -2.22. The third-order valence-electron chi connectivity index (χ3n) is 1.85. The number of carbonyl (C=O) groups excluding carboxylic acids is 1. The van der Waals surface area contributed by atoms with Crippen LogP contribution in [-0.4, -0.2) is 51.8 Å². The first kappa shape index (κ1) is 14.7. The van der Waals surface area contributed by atoms with Gasteiger partial charge in [-0.25, -0.2) is 4.98 Å². The fraction of sp³-hybridized carbons (Fsp3) is 0.444. The van der Waals surface area contributed by atoms with Crippen LogP contribution in [0.4, 0.5) is 13.2 Å². The van der Waals surface area contributed by atoms with Gasteiger partial charge < -0.3 is 10.0 Å². The summed E-state index contributed by atoms with van der Waals surface area (Å²) >= 11 is 5.49. The summed E-state index contributed by atoms with van der Waals surface area (Å²) in [4.78, 5) is 19.3. The van der Waals surface area contributed by atoms with Gasteiger partial charge in [-0.15, -0.1) is 0 Å². The van der Waals surface area contributed by atoms with Crippen LogP contribution in [0.15, 0.2) is 12.4 Å². The van der Waals surface area contributed by atoms with Crippen LogP contribution < -0.4 is 0 Å². The first-order chi connectivity index (χ1) is 8.33. The number of carbonyl (C=O) groups is 1. The molecular formula is C9H9ClF3N3O2. The standard InChI is InChI=1S/C9H9ClF3N3O2/c10-7-4-14-3-6(15-7)8(18)16(1-2-17)5-9(11,12)13/h3-4,17H,1-2,5H2. The third kappa shape index (κ3) is 4.46. The Morgan fingerprint density at radius 3 is 2.61 bits per heavy atom. The van der Waals surface area contributed by atoms with Gasteiger partial charge in [-0.1, -0.05) is 11.6 Å². The van der Waals surface area contributed by atoms with Gasteiger partial charge in [0.1, 0.15) is 17.4 Å². The molecular weight excluding hydrogens is 275 g/mol. The molecule has 0 radical (unpaired) electrons. The minimum atomic E-state index is -4.56. The number of amides is 1. The first-order valence-electron chi connectivity index (χ1n) is 4.78. The van der Waals surface area contributed by atoms with E-state index in [4.69, 9.17) is 16.7 Å². The van der Waals surface area contributed by atoms with Crippen molar-refractivity contribution in [2.75, 3.05) is 19.7 Å². The van der Waals surface area contributed by atoms with E-state index in [-0.39, 0.29) is 10.8 Å². The summed E-state index contributed by atoms with van der Waals surface area (Å²) in [5.41, 5.74) is -0.305. The molecule has 0 unspecified atom stereocenters. The smallest absolute Gasteiger partial charge is 0.395 e. The molecule has 0 atom stereocenters. The molecule has 0 spiro atoms. The van der Waals surface area contributed by atoms with E-state index in [2.05, 4.69) is 9.97 Å². The number of nitrogens with zero attached hydrogens (tertiary/aromatic N) is 3. The second-order valence-corrected chi connectivity index (χ2v) is 3.68. The van der Waals surface area contributed by atoms with Gasteiger partial charge in [0.25, 0.3) is 5.91 Å². The molecule has 1 heterocycles. The van der Waals surface area contributed by atoms with Gasteiger partial charge in [0, 0.05) is 6.54 Å². The van der Waals surface area contributed by atoms with E-state index >= 15 is 0 Å². The third-order valence-corrected chi connectivity index (χ3v) is 2.03. The van der Waals surface area contributed by atoms with E-state index in [0.29, 0.717) is 4.90 Å². The Hall–Kier alpha value is -1.41. The van der Waals surface area contributed by atoms with E-state index in [9.17, 15) is 18.0 Å². The summed E-state index contributed by atoms with van der Waals surface area (Å²) in [6.07, 6.45) is -2.40. The maximum absolute atomic E-state index is 12.2. The lowest BCUT2D eigenvalue weighted by Crippen LogP contribution is -2.41. The van der Waals surface area contributed by atoms with Crippen molar-refractivity contribution >= 4 is 17.5 Å². The van der Waals surface area contributed by atoms with Crippen molar-refractivity contribution < 1.29 is 23.1 Å². The van der Waals surface area contributed by atoms with Gasteiger partial charge in [0.15, 0.2) is 0 Å². The SMILES string of the molecule is O=C(c1cncc(Cl)n1)N(CCO)CC(F)(F)F. The van der Waals surface area contributed by atoms with Crippen molar-refractivity contribution in [3.05, 3.63) is 23.2 Å². The topological polar surface area (TPSA) is 66.3 Å². The number of aliphatic hydroxyl groups excluding tert-OH is 1. The summed E-state index contributed by atoms with van der Waals surface area (Å²) in [5, 5.41) is 8.56. The molecule has 0 aliphatic carbocycles. The van der Waals surface area contributed by atoms with Crippen LogP contribution in [0, 0.1) is 0 Å². The van der Waals surface area contributed by atoms with E-state index in [0.717, 1.165) is 12.4 Å². The summed E-state index contributed by atoms with van der Waals surface area (Å²) in [7, 11) is 0. The number of aliphatic hydroxyl groups is 1. The van der Waals surface area contributed by atoms with E-state index in [1.54, 1.807) is 0 Å². The van der Waals surface area contributed by atoms with Crippen molar-refractivity contribution in [3.8, 4) is 0 Å². The fourth-order valence-electron chi connectivity index (χ4n) is 1.20. The lowest BCUT2D eigenvalue weighted by atomic mass is 10.3. The van der Waals surface area contributed by atoms with Crippen LogP contribution in [0.3, 0.4) is 0 Å². The molecule has 1 aromatic rings. The molecule has 9 heteroatoms. The van der Waals surface area contributed by atoms with Crippen molar-refractivity contribution in [2.45, 2.75) is 6.18 Å². The monoisotopic (exact) mass is 283 g/mol. The van der Waals surface area contributed by atoms with E-state index in [1.807, 2.05) is 0 Å². The van der Waals surface area contributed by atoms with Gasteiger partial charge in [0.05, 0.1) is 19.0 Å². The van der Waals surface area contributed by atoms with Gasteiger partial charge in [-0.3, -0.25) is 9.78 Å². The molecule has 0 fully saturated rings. The molecule has 18 heavy (non-hydrogen) atoms. The highest BCUT2D eigenvalue weighted by molar-refractivity contribution is 6.29. The Kier molecular flexibility index (Phi) is 4.85. The van der Waals surface area contributed by atoms with E-state index in [1.165, 1.54) is 0 Å². The second-order valence-electron chi connectivity index (χ2n) is 3.29. The molecule has 1 amide bonds. The van der Waals surface area contributed by atoms with Crippen LogP contribution in [0.25, 0.3) is 0 Å². The number of rotatable bonds is 4. The van der Waals surface area contributed by atoms with Gasteiger partial charge >= 0.3 is 6.18 Å². The number of alkyl halides is 3. The quantitative estimate of drug-likeness (QED) is 0.899. The highest BCUT2D eigenvalue weighted by atomic mass is 35.5. The maximum Gasteiger partial charge on any atom is 0.406 e. The molecule has 0 aromatic carbocycles. The van der Waals surface area contributed by atoms with Crippen LogP contribution in [0.2, 0.25) is 5.15 Å². The molecule has 0 bridgehead atoms. The lowest BCUT2D eigenvalue weighted by molar-refractivity contribution is -0.141. The van der Waals surface area contributed by atoms with Gasteiger partial charge in [0.2, 0.25) is 0 Å². The molecule has 0 saturated heterocycles. The van der Waals surface area contributed by atoms with Crippen LogP contribution in [-0.2, 0) is 0 Å². The van der Waals surface area contributed by atoms with Crippen LogP contribution in [0.1, 0.15) is 10.5 Å². The summed E-state index contributed by atoms with van der Waals surface area (Å²) in [5.74, 6) is -0.989. The highest BCUT2D eigenvalue weighted by Crippen LogP contribution is 2.17. The van der Waals surface area contributed by atoms with Gasteiger partial charge in [-0.05, 0) is 0 Å². The molecule has 1 aromatic heterocycles. The van der Waals surface area contributed by atoms with Crippen LogP contribution in [0.5, 0.6) is 0 Å². The Labute approximate surface area is 105 Å². The second kappa shape index (κ2) is 5.96. The molecule has 1 rings (SSSR count). The predicted molar refractivity (Wildman–Crippen MR) is 56.1 cm³/mol. The normalized spacial score (nSPS) is 11.4. The van der Waals surface area contributed by atoms with Crippen molar-refractivity contribution in [1.82, 2.24) is 14.9 Å². The van der Waals surface area contributed by atoms with Crippen molar-refractivity contribution in [3.63, 3.8) is 0 Å². The largest absolute Gasteiger partial charge is 0.406 e. The average molecular weight is 284 g/mol. The van der Waals surface area contributed by atoms with Crippen molar-refractivity contribution in [2.24, 2.45) is 0 Å². The minimum Gasteiger partial charge on any atom is -0.395 e. The summed E-state index contributed by atoms with van der Waals surface area (Å²) in [6, 6.07) is 0.